The number of hydrogen-bond acceptors (Lipinski definition) is 5. The molecule has 4 aromatic rings. The van der Waals surface area contributed by atoms with Gasteiger partial charge in [-0.15, -0.1) is 0 Å². The third kappa shape index (κ3) is 5.42. The van der Waals surface area contributed by atoms with Crippen molar-refractivity contribution in [2.24, 2.45) is 0 Å². The summed E-state index contributed by atoms with van der Waals surface area (Å²) in [6.45, 7) is 0. The van der Waals surface area contributed by atoms with Gasteiger partial charge in [0.25, 0.3) is 15.6 Å². The maximum absolute atomic E-state index is 13.0. The van der Waals surface area contributed by atoms with Gasteiger partial charge in [0.15, 0.2) is 0 Å². The van der Waals surface area contributed by atoms with Crippen LogP contribution < -0.4 is 15.6 Å². The van der Waals surface area contributed by atoms with Gasteiger partial charge in [-0.1, -0.05) is 12.1 Å². The molecular formula is C23H19FN4O4S. The van der Waals surface area contributed by atoms with Crippen LogP contribution in [0.2, 0.25) is 0 Å². The number of nitrogens with one attached hydrogen (secondary N) is 3. The lowest BCUT2D eigenvalue weighted by Gasteiger charge is -2.10. The number of halogens is 1. The highest BCUT2D eigenvalue weighted by Crippen LogP contribution is 2.19. The Labute approximate surface area is 188 Å². The van der Waals surface area contributed by atoms with Crippen molar-refractivity contribution >= 4 is 38.2 Å². The molecule has 0 saturated heterocycles. The van der Waals surface area contributed by atoms with E-state index >= 15 is 0 Å². The Balaban J connectivity index is 1.35. The van der Waals surface area contributed by atoms with E-state index in [9.17, 15) is 22.4 Å². The Kier molecular flexibility index (Phi) is 6.18. The average molecular weight is 466 g/mol. The summed E-state index contributed by atoms with van der Waals surface area (Å²) < 4.78 is 40.1. The molecule has 0 bridgehead atoms. The number of benzene rings is 3. The molecular weight excluding hydrogens is 447 g/mol. The van der Waals surface area contributed by atoms with Gasteiger partial charge in [-0.25, -0.2) is 17.8 Å². The lowest BCUT2D eigenvalue weighted by atomic mass is 10.2. The first-order chi connectivity index (χ1) is 15.8. The number of fused-ring (bicyclic) bond motifs is 1. The number of anilines is 2. The first kappa shape index (κ1) is 22.2. The second-order valence-corrected chi connectivity index (χ2v) is 8.90. The van der Waals surface area contributed by atoms with E-state index in [0.29, 0.717) is 22.4 Å². The SMILES string of the molecule is O=C(CCc1nc2ccccc2c(=O)[nH]1)Nc1ccc(NS(=O)(=O)c2ccc(F)cc2)cc1. The maximum Gasteiger partial charge on any atom is 0.261 e. The van der Waals surface area contributed by atoms with Crippen LogP contribution in [-0.2, 0) is 21.2 Å². The van der Waals surface area contributed by atoms with E-state index in [-0.39, 0.29) is 34.9 Å². The predicted molar refractivity (Wildman–Crippen MR) is 123 cm³/mol. The summed E-state index contributed by atoms with van der Waals surface area (Å²) in [5, 5.41) is 3.20. The summed E-state index contributed by atoms with van der Waals surface area (Å²) in [4.78, 5) is 31.4. The summed E-state index contributed by atoms with van der Waals surface area (Å²) in [7, 11) is -3.86. The van der Waals surface area contributed by atoms with Gasteiger partial charge in [0.2, 0.25) is 5.91 Å². The third-order valence-corrected chi connectivity index (χ3v) is 6.19. The molecule has 0 fully saturated rings. The number of aryl methyl sites for hydroxylation is 1. The Morgan fingerprint density at radius 2 is 1.61 bits per heavy atom. The summed E-state index contributed by atoms with van der Waals surface area (Å²) in [5.41, 5.74) is 1.07. The summed E-state index contributed by atoms with van der Waals surface area (Å²) in [6.07, 6.45) is 0.349. The largest absolute Gasteiger partial charge is 0.326 e. The molecule has 0 aliphatic carbocycles. The van der Waals surface area contributed by atoms with Crippen molar-refractivity contribution in [1.82, 2.24) is 9.97 Å². The van der Waals surface area contributed by atoms with Crippen molar-refractivity contribution in [3.05, 3.63) is 94.8 Å². The van der Waals surface area contributed by atoms with E-state index < -0.39 is 15.8 Å². The van der Waals surface area contributed by atoms with Crippen LogP contribution in [0.25, 0.3) is 10.9 Å². The molecule has 0 spiro atoms. The Morgan fingerprint density at radius 3 is 2.33 bits per heavy atom. The minimum absolute atomic E-state index is 0.0679. The van der Waals surface area contributed by atoms with E-state index in [1.165, 1.54) is 24.3 Å². The standard InChI is InChI=1S/C23H19FN4O4S/c24-15-5-11-18(12-6-15)33(31,32)28-17-9-7-16(8-10-17)25-22(29)14-13-21-26-20-4-2-1-3-19(20)23(30)27-21/h1-12,28H,13-14H2,(H,25,29)(H,26,27,30). The molecule has 3 N–H and O–H groups in total. The molecule has 3 aromatic carbocycles. The Bertz CT molecular complexity index is 1470. The lowest BCUT2D eigenvalue weighted by molar-refractivity contribution is -0.116. The fourth-order valence-corrected chi connectivity index (χ4v) is 4.22. The van der Waals surface area contributed by atoms with Gasteiger partial charge in [-0.05, 0) is 60.7 Å². The summed E-state index contributed by atoms with van der Waals surface area (Å²) >= 11 is 0. The Morgan fingerprint density at radius 1 is 0.939 bits per heavy atom. The molecule has 1 heterocycles. The van der Waals surface area contributed by atoms with Crippen molar-refractivity contribution in [2.75, 3.05) is 10.0 Å². The number of rotatable bonds is 7. The van der Waals surface area contributed by atoms with E-state index in [4.69, 9.17) is 0 Å². The normalized spacial score (nSPS) is 11.3. The van der Waals surface area contributed by atoms with E-state index in [0.717, 1.165) is 12.1 Å². The molecule has 8 nitrogen and oxygen atoms in total. The van der Waals surface area contributed by atoms with Crippen molar-refractivity contribution in [3.63, 3.8) is 0 Å². The highest BCUT2D eigenvalue weighted by Gasteiger charge is 2.14. The second kappa shape index (κ2) is 9.21. The number of sulfonamides is 1. The van der Waals surface area contributed by atoms with Crippen molar-refractivity contribution in [1.29, 1.82) is 0 Å². The van der Waals surface area contributed by atoms with Crippen molar-refractivity contribution < 1.29 is 17.6 Å². The van der Waals surface area contributed by atoms with E-state index in [2.05, 4.69) is 20.0 Å². The van der Waals surface area contributed by atoms with Gasteiger partial charge in [0.1, 0.15) is 11.6 Å². The smallest absolute Gasteiger partial charge is 0.261 e. The average Bonchev–Trinajstić information content (AvgIpc) is 2.79. The molecule has 0 atom stereocenters. The van der Waals surface area contributed by atoms with Gasteiger partial charge in [0.05, 0.1) is 15.8 Å². The van der Waals surface area contributed by atoms with Crippen LogP contribution >= 0.6 is 0 Å². The molecule has 0 aliphatic heterocycles. The number of H-pyrrole nitrogens is 1. The number of carbonyl (C=O) groups excluding carboxylic acids is 1. The fraction of sp³-hybridized carbons (Fsp3) is 0.0870. The quantitative estimate of drug-likeness (QED) is 0.385. The molecule has 33 heavy (non-hydrogen) atoms. The number of nitrogens with zero attached hydrogens (tertiary/aromatic N) is 1. The van der Waals surface area contributed by atoms with Crippen LogP contribution in [0.5, 0.6) is 0 Å². The highest BCUT2D eigenvalue weighted by molar-refractivity contribution is 7.92. The summed E-state index contributed by atoms with van der Waals surface area (Å²) in [5.74, 6) is -0.401. The van der Waals surface area contributed by atoms with Crippen molar-refractivity contribution in [3.8, 4) is 0 Å². The number of hydrogen-bond donors (Lipinski definition) is 3. The van der Waals surface area contributed by atoms with Crippen LogP contribution in [0.4, 0.5) is 15.8 Å². The maximum atomic E-state index is 13.0. The molecule has 4 rings (SSSR count). The minimum Gasteiger partial charge on any atom is -0.326 e. The van der Waals surface area contributed by atoms with Gasteiger partial charge in [-0.3, -0.25) is 14.3 Å². The zero-order valence-electron chi connectivity index (χ0n) is 17.2. The molecule has 0 saturated carbocycles. The first-order valence-corrected chi connectivity index (χ1v) is 11.4. The zero-order chi connectivity index (χ0) is 23.4. The van der Waals surface area contributed by atoms with Crippen LogP contribution in [0.3, 0.4) is 0 Å². The molecule has 10 heteroatoms. The van der Waals surface area contributed by atoms with Crippen LogP contribution in [-0.4, -0.2) is 24.3 Å². The molecule has 168 valence electrons. The summed E-state index contributed by atoms with van der Waals surface area (Å²) in [6, 6.07) is 17.5. The number of para-hydroxylation sites is 1. The van der Waals surface area contributed by atoms with Crippen molar-refractivity contribution in [2.45, 2.75) is 17.7 Å². The van der Waals surface area contributed by atoms with Crippen LogP contribution in [0.15, 0.2) is 82.5 Å². The first-order valence-electron chi connectivity index (χ1n) is 9.96. The molecule has 0 radical (unpaired) electrons. The number of carbonyl (C=O) groups is 1. The molecule has 0 unspecified atom stereocenters. The monoisotopic (exact) mass is 466 g/mol. The van der Waals surface area contributed by atoms with Gasteiger partial charge in [0, 0.05) is 24.2 Å². The second-order valence-electron chi connectivity index (χ2n) is 7.21. The van der Waals surface area contributed by atoms with E-state index in [1.807, 2.05) is 0 Å². The topological polar surface area (TPSA) is 121 Å². The van der Waals surface area contributed by atoms with E-state index in [1.54, 1.807) is 36.4 Å². The van der Waals surface area contributed by atoms with Gasteiger partial charge < -0.3 is 10.3 Å². The lowest BCUT2D eigenvalue weighted by Crippen LogP contribution is -2.16. The van der Waals surface area contributed by atoms with Gasteiger partial charge in [-0.2, -0.15) is 0 Å². The molecule has 1 amide bonds. The number of aromatic nitrogens is 2. The number of aromatic amines is 1. The molecule has 0 aliphatic rings. The van der Waals surface area contributed by atoms with Gasteiger partial charge >= 0.3 is 0 Å². The molecule has 1 aromatic heterocycles. The third-order valence-electron chi connectivity index (χ3n) is 4.80. The number of amides is 1. The van der Waals surface area contributed by atoms with Crippen LogP contribution in [0, 0.1) is 5.82 Å². The zero-order valence-corrected chi connectivity index (χ0v) is 18.0. The highest BCUT2D eigenvalue weighted by atomic mass is 32.2. The van der Waals surface area contributed by atoms with Crippen LogP contribution in [0.1, 0.15) is 12.2 Å². The predicted octanol–water partition coefficient (Wildman–Crippen LogP) is 3.43. The Hall–Kier alpha value is -4.05. The minimum atomic E-state index is -3.86. The fourth-order valence-electron chi connectivity index (χ4n) is 3.16.